The van der Waals surface area contributed by atoms with Gasteiger partial charge >= 0.3 is 0 Å². The minimum absolute atomic E-state index is 0. The molecule has 0 bridgehead atoms. The van der Waals surface area contributed by atoms with Gasteiger partial charge < -0.3 is 4.90 Å². The quantitative estimate of drug-likeness (QED) is 0.494. The van der Waals surface area contributed by atoms with Crippen LogP contribution in [0.15, 0.2) is 4.99 Å². The summed E-state index contributed by atoms with van der Waals surface area (Å²) in [5.41, 5.74) is 0. The van der Waals surface area contributed by atoms with Crippen LogP contribution >= 0.6 is 24.8 Å². The second kappa shape index (κ2) is 15.5. The van der Waals surface area contributed by atoms with E-state index in [-0.39, 0.29) is 24.8 Å². The van der Waals surface area contributed by atoms with Gasteiger partial charge in [-0.25, -0.2) is 0 Å². The van der Waals surface area contributed by atoms with E-state index in [1.54, 1.807) is 0 Å². The van der Waals surface area contributed by atoms with E-state index in [4.69, 9.17) is 0 Å². The molecule has 0 spiro atoms. The molecule has 0 heterocycles. The fourth-order valence-corrected chi connectivity index (χ4v) is 1.10. The third-order valence-electron chi connectivity index (χ3n) is 1.62. The van der Waals surface area contributed by atoms with Crippen LogP contribution in [0.1, 0.15) is 40.0 Å². The minimum atomic E-state index is 0. The van der Waals surface area contributed by atoms with Crippen molar-refractivity contribution >= 4 is 31.2 Å². The van der Waals surface area contributed by atoms with E-state index in [2.05, 4.69) is 30.7 Å². The van der Waals surface area contributed by atoms with Gasteiger partial charge in [0.25, 0.3) is 0 Å². The van der Waals surface area contributed by atoms with Crippen molar-refractivity contribution in [3.63, 3.8) is 0 Å². The lowest BCUT2D eigenvalue weighted by atomic mass is 10.4. The predicted octanol–water partition coefficient (Wildman–Crippen LogP) is 3.39. The Balaban J connectivity index is -0.000000605. The standard InChI is InChI=1S/C10H22N2.2ClH/c1-4-7-11-10-12(8-5-2)9-6-3;;/h10H,4-9H2,1-3H3;2*1H. The molecule has 0 unspecified atom stereocenters. The largest absolute Gasteiger partial charge is 0.363 e. The summed E-state index contributed by atoms with van der Waals surface area (Å²) in [7, 11) is 0. The molecule has 0 aromatic heterocycles. The number of rotatable bonds is 7. The third-order valence-corrected chi connectivity index (χ3v) is 1.62. The number of nitrogens with zero attached hydrogens (tertiary/aromatic N) is 2. The molecule has 0 atom stereocenters. The Hall–Kier alpha value is 0.0500. The van der Waals surface area contributed by atoms with E-state index in [0.29, 0.717) is 0 Å². The number of hydrogen-bond acceptors (Lipinski definition) is 1. The Bertz CT molecular complexity index is 113. The van der Waals surface area contributed by atoms with Gasteiger partial charge in [0.15, 0.2) is 0 Å². The Kier molecular flexibility index (Phi) is 21.7. The highest BCUT2D eigenvalue weighted by Crippen LogP contribution is 1.90. The molecule has 0 aromatic carbocycles. The minimum Gasteiger partial charge on any atom is -0.363 e. The molecule has 88 valence electrons. The molecule has 0 radical (unpaired) electrons. The predicted molar refractivity (Wildman–Crippen MR) is 70.3 cm³/mol. The average molecular weight is 243 g/mol. The normalized spacial score (nSPS) is 9.36. The molecule has 0 rings (SSSR count). The van der Waals surface area contributed by atoms with Crippen LogP contribution in [-0.4, -0.2) is 30.9 Å². The van der Waals surface area contributed by atoms with Crippen LogP contribution in [0, 0.1) is 0 Å². The summed E-state index contributed by atoms with van der Waals surface area (Å²) in [4.78, 5) is 6.63. The third kappa shape index (κ3) is 12.0. The molecule has 0 saturated heterocycles. The summed E-state index contributed by atoms with van der Waals surface area (Å²) in [6.07, 6.45) is 5.56. The summed E-state index contributed by atoms with van der Waals surface area (Å²) in [5, 5.41) is 0. The zero-order valence-electron chi connectivity index (χ0n) is 9.53. The van der Waals surface area contributed by atoms with Crippen molar-refractivity contribution in [2.75, 3.05) is 19.6 Å². The molecule has 4 heteroatoms. The molecular weight excluding hydrogens is 219 g/mol. The van der Waals surface area contributed by atoms with E-state index in [0.717, 1.165) is 26.1 Å². The van der Waals surface area contributed by atoms with Crippen molar-refractivity contribution in [2.45, 2.75) is 40.0 Å². The van der Waals surface area contributed by atoms with Gasteiger partial charge in [0, 0.05) is 19.6 Å². The number of hydrogen-bond donors (Lipinski definition) is 0. The number of aliphatic imine (C=N–C) groups is 1. The SMILES string of the molecule is CCCN=CN(CCC)CCC.Cl.Cl. The first-order chi connectivity index (χ1) is 5.85. The summed E-state index contributed by atoms with van der Waals surface area (Å²) < 4.78 is 0. The Morgan fingerprint density at radius 2 is 1.43 bits per heavy atom. The second-order valence-corrected chi connectivity index (χ2v) is 3.06. The highest BCUT2D eigenvalue weighted by molar-refractivity contribution is 5.85. The van der Waals surface area contributed by atoms with Crippen LogP contribution in [0.2, 0.25) is 0 Å². The molecule has 14 heavy (non-hydrogen) atoms. The highest BCUT2D eigenvalue weighted by atomic mass is 35.5. The maximum atomic E-state index is 4.33. The Labute approximate surface area is 101 Å². The van der Waals surface area contributed by atoms with Gasteiger partial charge in [0.1, 0.15) is 0 Å². The molecule has 0 aliphatic carbocycles. The summed E-state index contributed by atoms with van der Waals surface area (Å²) in [6.45, 7) is 9.81. The zero-order valence-corrected chi connectivity index (χ0v) is 11.2. The van der Waals surface area contributed by atoms with Crippen LogP contribution in [0.5, 0.6) is 0 Å². The Morgan fingerprint density at radius 1 is 0.929 bits per heavy atom. The maximum Gasteiger partial charge on any atom is 0.0849 e. The van der Waals surface area contributed by atoms with Crippen LogP contribution in [0.25, 0.3) is 0 Å². The second-order valence-electron chi connectivity index (χ2n) is 3.06. The Morgan fingerprint density at radius 3 is 1.79 bits per heavy atom. The van der Waals surface area contributed by atoms with Gasteiger partial charge in [-0.3, -0.25) is 4.99 Å². The first-order valence-electron chi connectivity index (χ1n) is 5.09. The molecule has 2 nitrogen and oxygen atoms in total. The van der Waals surface area contributed by atoms with Crippen molar-refractivity contribution in [1.82, 2.24) is 4.90 Å². The number of halogens is 2. The van der Waals surface area contributed by atoms with Crippen LogP contribution < -0.4 is 0 Å². The molecular formula is C10H24Cl2N2. The molecule has 0 aliphatic heterocycles. The van der Waals surface area contributed by atoms with E-state index < -0.39 is 0 Å². The van der Waals surface area contributed by atoms with E-state index in [9.17, 15) is 0 Å². The van der Waals surface area contributed by atoms with Crippen LogP contribution in [0.3, 0.4) is 0 Å². The smallest absolute Gasteiger partial charge is 0.0849 e. The summed E-state index contributed by atoms with van der Waals surface area (Å²) in [6, 6.07) is 0. The van der Waals surface area contributed by atoms with Gasteiger partial charge in [-0.1, -0.05) is 20.8 Å². The van der Waals surface area contributed by atoms with Crippen LogP contribution in [0.4, 0.5) is 0 Å². The fourth-order valence-electron chi connectivity index (χ4n) is 1.10. The molecule has 0 aliphatic rings. The lowest BCUT2D eigenvalue weighted by Gasteiger charge is -2.17. The first-order valence-corrected chi connectivity index (χ1v) is 5.09. The van der Waals surface area contributed by atoms with Gasteiger partial charge in [-0.15, -0.1) is 24.8 Å². The molecule has 0 amide bonds. The lowest BCUT2D eigenvalue weighted by Crippen LogP contribution is -2.23. The van der Waals surface area contributed by atoms with Gasteiger partial charge in [-0.05, 0) is 19.3 Å². The fraction of sp³-hybridized carbons (Fsp3) is 0.900. The topological polar surface area (TPSA) is 15.6 Å². The molecule has 0 saturated carbocycles. The first kappa shape index (κ1) is 19.6. The van der Waals surface area contributed by atoms with Gasteiger partial charge in [0.05, 0.1) is 6.34 Å². The van der Waals surface area contributed by atoms with Crippen molar-refractivity contribution in [2.24, 2.45) is 4.99 Å². The maximum absolute atomic E-state index is 4.33. The van der Waals surface area contributed by atoms with Crippen molar-refractivity contribution in [3.05, 3.63) is 0 Å². The monoisotopic (exact) mass is 242 g/mol. The van der Waals surface area contributed by atoms with Crippen LogP contribution in [-0.2, 0) is 0 Å². The van der Waals surface area contributed by atoms with Gasteiger partial charge in [-0.2, -0.15) is 0 Å². The lowest BCUT2D eigenvalue weighted by molar-refractivity contribution is 0.427. The van der Waals surface area contributed by atoms with Crippen molar-refractivity contribution < 1.29 is 0 Å². The molecule has 0 aromatic rings. The highest BCUT2D eigenvalue weighted by Gasteiger charge is 1.94. The van der Waals surface area contributed by atoms with Crippen molar-refractivity contribution in [1.29, 1.82) is 0 Å². The van der Waals surface area contributed by atoms with E-state index in [1.165, 1.54) is 12.8 Å². The van der Waals surface area contributed by atoms with Gasteiger partial charge in [0.2, 0.25) is 0 Å². The van der Waals surface area contributed by atoms with Crippen molar-refractivity contribution in [3.8, 4) is 0 Å². The zero-order chi connectivity index (χ0) is 9.23. The van der Waals surface area contributed by atoms with E-state index >= 15 is 0 Å². The summed E-state index contributed by atoms with van der Waals surface area (Å²) in [5.74, 6) is 0. The summed E-state index contributed by atoms with van der Waals surface area (Å²) >= 11 is 0. The molecule has 0 N–H and O–H groups in total. The van der Waals surface area contributed by atoms with E-state index in [1.807, 2.05) is 6.34 Å². The average Bonchev–Trinajstić information content (AvgIpc) is 2.06. The molecule has 0 fully saturated rings.